The lowest BCUT2D eigenvalue weighted by molar-refractivity contribution is -0.115. The topological polar surface area (TPSA) is 68.1 Å². The van der Waals surface area contributed by atoms with Crippen LogP contribution in [0.1, 0.15) is 22.3 Å². The van der Waals surface area contributed by atoms with Gasteiger partial charge in [-0.1, -0.05) is 30.3 Å². The number of aryl methyl sites for hydroxylation is 1. The van der Waals surface area contributed by atoms with Crippen molar-refractivity contribution in [2.75, 3.05) is 11.9 Å². The van der Waals surface area contributed by atoms with Crippen LogP contribution in [0.5, 0.6) is 0 Å². The molecule has 5 rings (SSSR count). The third kappa shape index (κ3) is 4.06. The molecule has 34 heavy (non-hydrogen) atoms. The largest absolute Gasteiger partial charge is 0.370 e. The molecule has 0 unspecified atom stereocenters. The number of carbonyl (C=O) groups is 2. The second kappa shape index (κ2) is 8.56. The zero-order valence-corrected chi connectivity index (χ0v) is 19.3. The second-order valence-corrected chi connectivity index (χ2v) is 8.61. The van der Waals surface area contributed by atoms with Gasteiger partial charge in [0.05, 0.1) is 11.3 Å². The average molecular weight is 449 g/mol. The number of benzene rings is 3. The van der Waals surface area contributed by atoms with Crippen molar-refractivity contribution in [2.45, 2.75) is 20.4 Å². The van der Waals surface area contributed by atoms with Crippen LogP contribution in [0, 0.1) is 13.8 Å². The SMILES string of the molecule is Cc1cc(CN(C)c2ccc(C=C3C(=O)C=CC3=O)cc2)c(C)c(-n2nc3ccccc3n2)c1. The van der Waals surface area contributed by atoms with Crippen LogP contribution >= 0.6 is 0 Å². The molecule has 0 atom stereocenters. The number of hydrogen-bond donors (Lipinski definition) is 0. The van der Waals surface area contributed by atoms with Gasteiger partial charge in [0, 0.05) is 19.3 Å². The molecule has 4 aromatic rings. The Balaban J connectivity index is 1.39. The van der Waals surface area contributed by atoms with E-state index in [-0.39, 0.29) is 17.1 Å². The summed E-state index contributed by atoms with van der Waals surface area (Å²) in [4.78, 5) is 27.5. The summed E-state index contributed by atoms with van der Waals surface area (Å²) in [5.41, 5.74) is 8.25. The number of anilines is 1. The van der Waals surface area contributed by atoms with Crippen LogP contribution in [0.2, 0.25) is 0 Å². The van der Waals surface area contributed by atoms with Gasteiger partial charge in [-0.3, -0.25) is 9.59 Å². The van der Waals surface area contributed by atoms with Crippen LogP contribution in [-0.4, -0.2) is 33.6 Å². The lowest BCUT2D eigenvalue weighted by Gasteiger charge is -2.22. The number of rotatable bonds is 5. The summed E-state index contributed by atoms with van der Waals surface area (Å²) in [5, 5.41) is 9.32. The average Bonchev–Trinajstić information content (AvgIpc) is 3.40. The summed E-state index contributed by atoms with van der Waals surface area (Å²) in [6, 6.07) is 20.0. The van der Waals surface area contributed by atoms with Crippen molar-refractivity contribution in [3.63, 3.8) is 0 Å². The number of fused-ring (bicyclic) bond motifs is 1. The molecule has 3 aromatic carbocycles. The lowest BCUT2D eigenvalue weighted by Crippen LogP contribution is -2.18. The molecule has 0 radical (unpaired) electrons. The van der Waals surface area contributed by atoms with E-state index >= 15 is 0 Å². The monoisotopic (exact) mass is 448 g/mol. The summed E-state index contributed by atoms with van der Waals surface area (Å²) in [6.07, 6.45) is 4.28. The van der Waals surface area contributed by atoms with Gasteiger partial charge in [0.2, 0.25) is 0 Å². The molecule has 6 nitrogen and oxygen atoms in total. The number of ketones is 2. The molecule has 1 aliphatic rings. The van der Waals surface area contributed by atoms with Crippen LogP contribution in [0.3, 0.4) is 0 Å². The van der Waals surface area contributed by atoms with Gasteiger partial charge in [-0.25, -0.2) is 0 Å². The third-order valence-electron chi connectivity index (χ3n) is 6.10. The van der Waals surface area contributed by atoms with Gasteiger partial charge >= 0.3 is 0 Å². The summed E-state index contributed by atoms with van der Waals surface area (Å²) in [6.45, 7) is 4.89. The number of nitrogens with zero attached hydrogens (tertiary/aromatic N) is 4. The Kier molecular flexibility index (Phi) is 5.42. The van der Waals surface area contributed by atoms with Gasteiger partial charge in [-0.15, -0.1) is 10.2 Å². The first kappa shape index (κ1) is 21.5. The van der Waals surface area contributed by atoms with Gasteiger partial charge in [0.15, 0.2) is 11.6 Å². The molecule has 0 N–H and O–H groups in total. The Morgan fingerprint density at radius 1 is 0.882 bits per heavy atom. The maximum Gasteiger partial charge on any atom is 0.189 e. The molecule has 0 saturated carbocycles. The normalized spacial score (nSPS) is 13.2. The maximum absolute atomic E-state index is 11.8. The second-order valence-electron chi connectivity index (χ2n) is 8.61. The number of carbonyl (C=O) groups excluding carboxylic acids is 2. The fraction of sp³-hybridized carbons (Fsp3) is 0.143. The first-order chi connectivity index (χ1) is 16.4. The summed E-state index contributed by atoms with van der Waals surface area (Å²) in [7, 11) is 2.04. The van der Waals surface area contributed by atoms with Crippen molar-refractivity contribution >= 4 is 34.4 Å². The minimum atomic E-state index is -0.239. The highest BCUT2D eigenvalue weighted by Crippen LogP contribution is 2.25. The summed E-state index contributed by atoms with van der Waals surface area (Å²) < 4.78 is 0. The van der Waals surface area contributed by atoms with Crippen molar-refractivity contribution in [1.82, 2.24) is 15.0 Å². The predicted molar refractivity (Wildman–Crippen MR) is 134 cm³/mol. The van der Waals surface area contributed by atoms with Crippen molar-refractivity contribution in [2.24, 2.45) is 0 Å². The molecule has 1 heterocycles. The van der Waals surface area contributed by atoms with E-state index in [2.05, 4.69) is 41.1 Å². The van der Waals surface area contributed by atoms with Crippen molar-refractivity contribution in [1.29, 1.82) is 0 Å². The molecule has 0 amide bonds. The van der Waals surface area contributed by atoms with Gasteiger partial charge in [0.25, 0.3) is 0 Å². The molecule has 0 aliphatic heterocycles. The van der Waals surface area contributed by atoms with E-state index in [0.717, 1.165) is 39.1 Å². The van der Waals surface area contributed by atoms with E-state index in [1.165, 1.54) is 17.7 Å². The van der Waals surface area contributed by atoms with E-state index in [1.54, 1.807) is 10.9 Å². The van der Waals surface area contributed by atoms with E-state index in [4.69, 9.17) is 0 Å². The maximum atomic E-state index is 11.8. The van der Waals surface area contributed by atoms with Crippen LogP contribution in [-0.2, 0) is 16.1 Å². The molecule has 1 aliphatic carbocycles. The minimum absolute atomic E-state index is 0.212. The highest BCUT2D eigenvalue weighted by atomic mass is 16.2. The standard InChI is InChI=1S/C28H24N4O2/c1-18-14-21(19(2)26(15-18)32-29-24-6-4-5-7-25(24)30-32)17-31(3)22-10-8-20(9-11-22)16-23-27(33)12-13-28(23)34/h4-16H,17H2,1-3H3. The molecular formula is C28H24N4O2. The molecule has 0 spiro atoms. The van der Waals surface area contributed by atoms with E-state index in [9.17, 15) is 9.59 Å². The van der Waals surface area contributed by atoms with Gasteiger partial charge in [0.1, 0.15) is 11.0 Å². The zero-order chi connectivity index (χ0) is 23.8. The van der Waals surface area contributed by atoms with Gasteiger partial charge in [-0.2, -0.15) is 4.80 Å². The molecule has 0 saturated heterocycles. The smallest absolute Gasteiger partial charge is 0.189 e. The first-order valence-electron chi connectivity index (χ1n) is 11.1. The fourth-order valence-corrected chi connectivity index (χ4v) is 4.19. The molecule has 1 aromatic heterocycles. The van der Waals surface area contributed by atoms with E-state index in [0.29, 0.717) is 6.54 Å². The highest BCUT2D eigenvalue weighted by molar-refractivity contribution is 6.35. The lowest BCUT2D eigenvalue weighted by atomic mass is 10.0. The van der Waals surface area contributed by atoms with Crippen LogP contribution in [0.4, 0.5) is 5.69 Å². The van der Waals surface area contributed by atoms with E-state index in [1.807, 2.05) is 55.6 Å². The predicted octanol–water partition coefficient (Wildman–Crippen LogP) is 4.77. The van der Waals surface area contributed by atoms with Gasteiger partial charge < -0.3 is 4.90 Å². The first-order valence-corrected chi connectivity index (χ1v) is 11.1. The Bertz CT molecular complexity index is 1440. The number of hydrogen-bond acceptors (Lipinski definition) is 5. The molecular weight excluding hydrogens is 424 g/mol. The Morgan fingerprint density at radius 2 is 1.50 bits per heavy atom. The Hall–Kier alpha value is -4.32. The van der Waals surface area contributed by atoms with Crippen molar-refractivity contribution in [3.8, 4) is 5.69 Å². The Morgan fingerprint density at radius 3 is 2.12 bits per heavy atom. The summed E-state index contributed by atoms with van der Waals surface area (Å²) in [5.74, 6) is -0.479. The number of allylic oxidation sites excluding steroid dienone is 3. The molecule has 6 heteroatoms. The van der Waals surface area contributed by atoms with Crippen molar-refractivity contribution < 1.29 is 9.59 Å². The highest BCUT2D eigenvalue weighted by Gasteiger charge is 2.19. The number of aromatic nitrogens is 3. The third-order valence-corrected chi connectivity index (χ3v) is 6.10. The molecule has 0 bridgehead atoms. The zero-order valence-electron chi connectivity index (χ0n) is 19.3. The van der Waals surface area contributed by atoms with E-state index < -0.39 is 0 Å². The molecule has 0 fully saturated rings. The fourth-order valence-electron chi connectivity index (χ4n) is 4.19. The minimum Gasteiger partial charge on any atom is -0.370 e. The Labute approximate surface area is 197 Å². The quantitative estimate of drug-likeness (QED) is 0.325. The van der Waals surface area contributed by atoms with Crippen LogP contribution in [0.25, 0.3) is 22.8 Å². The van der Waals surface area contributed by atoms with Gasteiger partial charge in [-0.05, 0) is 84.7 Å². The molecule has 168 valence electrons. The van der Waals surface area contributed by atoms with Crippen LogP contribution in [0.15, 0.2) is 78.4 Å². The summed E-state index contributed by atoms with van der Waals surface area (Å²) >= 11 is 0. The van der Waals surface area contributed by atoms with Crippen LogP contribution < -0.4 is 4.90 Å². The van der Waals surface area contributed by atoms with Crippen molar-refractivity contribution in [3.05, 3.63) is 101 Å².